The minimum absolute atomic E-state index is 0.131. The van der Waals surface area contributed by atoms with E-state index >= 15 is 0 Å². The fourth-order valence-corrected chi connectivity index (χ4v) is 2.34. The van der Waals surface area contributed by atoms with Crippen LogP contribution < -0.4 is 0 Å². The van der Waals surface area contributed by atoms with Crippen LogP contribution in [0.5, 0.6) is 0 Å². The molecule has 0 aliphatic heterocycles. The quantitative estimate of drug-likeness (QED) is 0.735. The van der Waals surface area contributed by atoms with Crippen molar-refractivity contribution >= 4 is 23.6 Å². The summed E-state index contributed by atoms with van der Waals surface area (Å²) in [5, 5.41) is 8.86. The van der Waals surface area contributed by atoms with Gasteiger partial charge in [0.2, 0.25) is 5.91 Å². The summed E-state index contributed by atoms with van der Waals surface area (Å²) < 4.78 is 12.8. The second-order valence-corrected chi connectivity index (χ2v) is 5.80. The van der Waals surface area contributed by atoms with Crippen molar-refractivity contribution < 1.29 is 19.1 Å². The van der Waals surface area contributed by atoms with Crippen LogP contribution in [0, 0.1) is 5.82 Å². The van der Waals surface area contributed by atoms with E-state index < -0.39 is 5.97 Å². The molecule has 0 unspecified atom stereocenters. The molecule has 0 aromatic heterocycles. The van der Waals surface area contributed by atoms with E-state index in [0.29, 0.717) is 13.1 Å². The van der Waals surface area contributed by atoms with Gasteiger partial charge < -0.3 is 14.9 Å². The molecule has 0 spiro atoms. The molecule has 1 aromatic carbocycles. The topological polar surface area (TPSA) is 60.9 Å². The molecule has 0 saturated heterocycles. The lowest BCUT2D eigenvalue weighted by atomic mass is 10.4. The maximum Gasteiger partial charge on any atom is 0.323 e. The van der Waals surface area contributed by atoms with Gasteiger partial charge in [-0.2, -0.15) is 0 Å². The Morgan fingerprint density at radius 2 is 1.81 bits per heavy atom. The van der Waals surface area contributed by atoms with Crippen molar-refractivity contribution in [2.45, 2.75) is 4.90 Å². The van der Waals surface area contributed by atoms with Gasteiger partial charge in [0.1, 0.15) is 12.4 Å². The monoisotopic (exact) mass is 314 g/mol. The van der Waals surface area contributed by atoms with Crippen LogP contribution >= 0.6 is 11.8 Å². The molecule has 1 amide bonds. The molecular weight excluding hydrogens is 295 g/mol. The van der Waals surface area contributed by atoms with Gasteiger partial charge in [0.15, 0.2) is 0 Å². The fraction of sp³-hybridized carbons (Fsp3) is 0.429. The Labute approximate surface area is 127 Å². The highest BCUT2D eigenvalue weighted by Crippen LogP contribution is 2.18. The number of nitrogens with zero attached hydrogens (tertiary/aromatic N) is 2. The Balaban J connectivity index is 2.54. The standard InChI is InChI=1S/C14H19FN2O3S/c1-16(2)7-8-17(9-14(19)20)13(18)10-21-12-5-3-11(15)4-6-12/h3-6H,7-10H2,1-2H3,(H,19,20). The van der Waals surface area contributed by atoms with Gasteiger partial charge in [0.05, 0.1) is 5.75 Å². The van der Waals surface area contributed by atoms with Gasteiger partial charge in [0.25, 0.3) is 0 Å². The first-order valence-electron chi connectivity index (χ1n) is 6.41. The lowest BCUT2D eigenvalue weighted by Crippen LogP contribution is -2.40. The van der Waals surface area contributed by atoms with Gasteiger partial charge in [0, 0.05) is 18.0 Å². The second kappa shape index (κ2) is 8.63. The van der Waals surface area contributed by atoms with E-state index in [9.17, 15) is 14.0 Å². The summed E-state index contributed by atoms with van der Waals surface area (Å²) in [5.41, 5.74) is 0. The van der Waals surface area contributed by atoms with Gasteiger partial charge in [-0.1, -0.05) is 0 Å². The van der Waals surface area contributed by atoms with Crippen molar-refractivity contribution in [2.75, 3.05) is 39.5 Å². The molecule has 0 bridgehead atoms. The first-order chi connectivity index (χ1) is 9.88. The molecule has 7 heteroatoms. The summed E-state index contributed by atoms with van der Waals surface area (Å²) in [4.78, 5) is 26.9. The molecular formula is C14H19FN2O3S. The van der Waals surface area contributed by atoms with Gasteiger partial charge in [-0.25, -0.2) is 4.39 Å². The van der Waals surface area contributed by atoms with Crippen LogP contribution in [-0.2, 0) is 9.59 Å². The minimum atomic E-state index is -1.03. The number of benzene rings is 1. The van der Waals surface area contributed by atoms with Crippen LogP contribution in [0.1, 0.15) is 0 Å². The summed E-state index contributed by atoms with van der Waals surface area (Å²) in [5.74, 6) is -1.47. The lowest BCUT2D eigenvalue weighted by Gasteiger charge is -2.22. The maximum atomic E-state index is 12.8. The van der Waals surface area contributed by atoms with Crippen LogP contribution in [0.4, 0.5) is 4.39 Å². The van der Waals surface area contributed by atoms with Crippen LogP contribution in [0.2, 0.25) is 0 Å². The van der Waals surface area contributed by atoms with Crippen LogP contribution in [0.25, 0.3) is 0 Å². The van der Waals surface area contributed by atoms with Crippen molar-refractivity contribution in [3.63, 3.8) is 0 Å². The van der Waals surface area contributed by atoms with Crippen molar-refractivity contribution in [1.82, 2.24) is 9.80 Å². The Hall–Kier alpha value is -1.60. The summed E-state index contributed by atoms with van der Waals surface area (Å²) in [6.07, 6.45) is 0. The zero-order chi connectivity index (χ0) is 15.8. The van der Waals surface area contributed by atoms with E-state index in [1.807, 2.05) is 19.0 Å². The first-order valence-corrected chi connectivity index (χ1v) is 7.39. The smallest absolute Gasteiger partial charge is 0.323 e. The van der Waals surface area contributed by atoms with Crippen LogP contribution in [-0.4, -0.2) is 66.3 Å². The maximum absolute atomic E-state index is 12.8. The molecule has 1 N–H and O–H groups in total. The average molecular weight is 314 g/mol. The minimum Gasteiger partial charge on any atom is -0.480 e. The van der Waals surface area contributed by atoms with E-state index in [1.54, 1.807) is 12.1 Å². The number of thioether (sulfide) groups is 1. The Kier molecular flexibility index (Phi) is 7.18. The first kappa shape index (κ1) is 17.5. The Bertz CT molecular complexity index is 480. The molecule has 5 nitrogen and oxygen atoms in total. The molecule has 116 valence electrons. The highest BCUT2D eigenvalue weighted by molar-refractivity contribution is 8.00. The molecule has 0 saturated carbocycles. The van der Waals surface area contributed by atoms with E-state index in [1.165, 1.54) is 28.8 Å². The Morgan fingerprint density at radius 1 is 1.19 bits per heavy atom. The number of carbonyl (C=O) groups excluding carboxylic acids is 1. The summed E-state index contributed by atoms with van der Waals surface area (Å²) >= 11 is 1.26. The molecule has 0 aliphatic carbocycles. The zero-order valence-corrected chi connectivity index (χ0v) is 12.9. The van der Waals surface area contributed by atoms with Crippen molar-refractivity contribution in [2.24, 2.45) is 0 Å². The number of hydrogen-bond acceptors (Lipinski definition) is 4. The van der Waals surface area contributed by atoms with Gasteiger partial charge in [-0.3, -0.25) is 9.59 Å². The number of hydrogen-bond donors (Lipinski definition) is 1. The van der Waals surface area contributed by atoms with E-state index in [4.69, 9.17) is 5.11 Å². The SMILES string of the molecule is CN(C)CCN(CC(=O)O)C(=O)CSc1ccc(F)cc1. The largest absolute Gasteiger partial charge is 0.480 e. The highest BCUT2D eigenvalue weighted by atomic mass is 32.2. The summed E-state index contributed by atoms with van der Waals surface area (Å²) in [6.45, 7) is 0.652. The van der Waals surface area contributed by atoms with Crippen molar-refractivity contribution in [3.8, 4) is 0 Å². The molecule has 0 radical (unpaired) electrons. The second-order valence-electron chi connectivity index (χ2n) is 4.75. The average Bonchev–Trinajstić information content (AvgIpc) is 2.42. The summed E-state index contributed by atoms with van der Waals surface area (Å²) in [7, 11) is 3.72. The van der Waals surface area contributed by atoms with Crippen LogP contribution in [0.15, 0.2) is 29.2 Å². The van der Waals surface area contributed by atoms with Crippen LogP contribution in [0.3, 0.4) is 0 Å². The lowest BCUT2D eigenvalue weighted by molar-refractivity contribution is -0.143. The summed E-state index contributed by atoms with van der Waals surface area (Å²) in [6, 6.07) is 5.84. The fourth-order valence-electron chi connectivity index (χ4n) is 1.54. The molecule has 0 fully saturated rings. The zero-order valence-electron chi connectivity index (χ0n) is 12.1. The third-order valence-electron chi connectivity index (χ3n) is 2.67. The van der Waals surface area contributed by atoms with Crippen molar-refractivity contribution in [1.29, 1.82) is 0 Å². The van der Waals surface area contributed by atoms with E-state index in [-0.39, 0.29) is 24.0 Å². The molecule has 1 aromatic rings. The number of rotatable bonds is 8. The number of carboxylic acid groups (broad SMARTS) is 1. The third kappa shape index (κ3) is 7.10. The highest BCUT2D eigenvalue weighted by Gasteiger charge is 2.17. The number of likely N-dealkylation sites (N-methyl/N-ethyl adjacent to an activating group) is 1. The van der Waals surface area contributed by atoms with Gasteiger partial charge in [-0.15, -0.1) is 11.8 Å². The number of halogens is 1. The van der Waals surface area contributed by atoms with E-state index in [2.05, 4.69) is 0 Å². The number of aliphatic carboxylic acids is 1. The molecule has 0 heterocycles. The normalized spacial score (nSPS) is 10.7. The predicted octanol–water partition coefficient (Wildman–Crippen LogP) is 1.39. The number of amides is 1. The van der Waals surface area contributed by atoms with E-state index in [0.717, 1.165) is 4.90 Å². The van der Waals surface area contributed by atoms with Crippen molar-refractivity contribution in [3.05, 3.63) is 30.1 Å². The third-order valence-corrected chi connectivity index (χ3v) is 3.67. The molecule has 1 rings (SSSR count). The molecule has 0 atom stereocenters. The van der Waals surface area contributed by atoms with Gasteiger partial charge in [-0.05, 0) is 38.4 Å². The molecule has 0 aliphatic rings. The van der Waals surface area contributed by atoms with Gasteiger partial charge >= 0.3 is 5.97 Å². The number of carboxylic acids is 1. The molecule has 21 heavy (non-hydrogen) atoms. The number of carbonyl (C=O) groups is 2. The Morgan fingerprint density at radius 3 is 2.33 bits per heavy atom. The predicted molar refractivity (Wildman–Crippen MR) is 79.9 cm³/mol.